The Bertz CT molecular complexity index is 897. The number of allylic oxidation sites excluding steroid dienone is 5. The highest BCUT2D eigenvalue weighted by Crippen LogP contribution is 2.37. The third-order valence-corrected chi connectivity index (χ3v) is 4.60. The van der Waals surface area contributed by atoms with E-state index in [1.807, 2.05) is 12.1 Å². The summed E-state index contributed by atoms with van der Waals surface area (Å²) in [4.78, 5) is 1.50. The van der Waals surface area contributed by atoms with Gasteiger partial charge in [-0.15, -0.1) is 15.0 Å². The largest absolute Gasteiger partial charge is 0.505 e. The summed E-state index contributed by atoms with van der Waals surface area (Å²) in [6.45, 7) is 10.5. The molecule has 0 aliphatic heterocycles. The van der Waals surface area contributed by atoms with Crippen molar-refractivity contribution in [3.8, 4) is 0 Å². The van der Waals surface area contributed by atoms with Gasteiger partial charge in [0.2, 0.25) is 0 Å². The highest BCUT2D eigenvalue weighted by molar-refractivity contribution is 6.31. The Balaban J connectivity index is 2.23. The van der Waals surface area contributed by atoms with Crippen LogP contribution in [0.25, 0.3) is 16.7 Å². The van der Waals surface area contributed by atoms with Crippen LogP contribution >= 0.6 is 11.6 Å². The maximum atomic E-state index is 11.0. The fraction of sp³-hybridized carbons (Fsp3) is 0.368. The van der Waals surface area contributed by atoms with Crippen LogP contribution in [0.3, 0.4) is 0 Å². The molecule has 0 radical (unpaired) electrons. The van der Waals surface area contributed by atoms with Crippen molar-refractivity contribution >= 4 is 28.3 Å². The number of rotatable bonds is 1. The van der Waals surface area contributed by atoms with Crippen molar-refractivity contribution in [2.24, 2.45) is 11.3 Å². The summed E-state index contributed by atoms with van der Waals surface area (Å²) in [6.07, 6.45) is 4.07. The van der Waals surface area contributed by atoms with Crippen molar-refractivity contribution in [3.63, 3.8) is 0 Å². The zero-order valence-electron chi connectivity index (χ0n) is 14.6. The third kappa shape index (κ3) is 2.98. The first-order valence-corrected chi connectivity index (χ1v) is 8.41. The summed E-state index contributed by atoms with van der Waals surface area (Å²) in [5, 5.41) is 20.6. The number of aliphatic hydroxyl groups is 1. The predicted octanol–water partition coefficient (Wildman–Crippen LogP) is 5.38. The maximum Gasteiger partial charge on any atom is 0.146 e. The maximum absolute atomic E-state index is 11.0. The number of aliphatic hydroxyl groups excluding tert-OH is 1. The standard InChI is InChI=1S/C19H22ClN3O/c1-11-8-14(19(3,4)5)18(24)17(9-12(11)2)23-21-15-7-6-13(20)10-16(15)22-23/h6-11,24H,1-5H3/t11-/m0/s1. The van der Waals surface area contributed by atoms with E-state index in [4.69, 9.17) is 11.6 Å². The molecular weight excluding hydrogens is 322 g/mol. The van der Waals surface area contributed by atoms with Gasteiger partial charge in [-0.1, -0.05) is 50.9 Å². The van der Waals surface area contributed by atoms with Crippen LogP contribution in [-0.2, 0) is 0 Å². The number of fused-ring (bicyclic) bond motifs is 1. The SMILES string of the molecule is CC1=CC(n2nc3ccc(Cl)cc3n2)=C(O)C(C(C)(C)C)=C[C@@H]1C. The van der Waals surface area contributed by atoms with Crippen LogP contribution in [0.15, 0.2) is 47.3 Å². The Morgan fingerprint density at radius 1 is 1.17 bits per heavy atom. The van der Waals surface area contributed by atoms with Crippen LogP contribution in [0.2, 0.25) is 5.02 Å². The van der Waals surface area contributed by atoms with Crippen LogP contribution in [0.4, 0.5) is 0 Å². The van der Waals surface area contributed by atoms with Crippen molar-refractivity contribution in [3.05, 3.63) is 52.3 Å². The molecule has 1 N–H and O–H groups in total. The average Bonchev–Trinajstić information content (AvgIpc) is 2.85. The highest BCUT2D eigenvalue weighted by Gasteiger charge is 2.27. The molecule has 1 aliphatic carbocycles. The summed E-state index contributed by atoms with van der Waals surface area (Å²) >= 11 is 6.03. The van der Waals surface area contributed by atoms with Gasteiger partial charge in [0.1, 0.15) is 22.5 Å². The van der Waals surface area contributed by atoms with Crippen molar-refractivity contribution < 1.29 is 5.11 Å². The predicted molar refractivity (Wildman–Crippen MR) is 98.8 cm³/mol. The molecule has 0 amide bonds. The normalized spacial score (nSPS) is 19.3. The molecule has 1 atom stereocenters. The first kappa shape index (κ1) is 16.8. The van der Waals surface area contributed by atoms with Gasteiger partial charge in [0.25, 0.3) is 0 Å². The van der Waals surface area contributed by atoms with Crippen LogP contribution in [-0.4, -0.2) is 20.1 Å². The number of nitrogens with zero attached hydrogens (tertiary/aromatic N) is 3. The van der Waals surface area contributed by atoms with Gasteiger partial charge in [-0.3, -0.25) is 0 Å². The van der Waals surface area contributed by atoms with E-state index in [-0.39, 0.29) is 17.1 Å². The Hall–Kier alpha value is -2.07. The minimum Gasteiger partial charge on any atom is -0.505 e. The lowest BCUT2D eigenvalue weighted by Gasteiger charge is -2.23. The van der Waals surface area contributed by atoms with E-state index in [9.17, 15) is 5.11 Å². The van der Waals surface area contributed by atoms with Gasteiger partial charge in [-0.05, 0) is 48.1 Å². The summed E-state index contributed by atoms with van der Waals surface area (Å²) in [6, 6.07) is 5.39. The van der Waals surface area contributed by atoms with E-state index in [1.54, 1.807) is 12.1 Å². The van der Waals surface area contributed by atoms with Gasteiger partial charge in [0.05, 0.1) is 0 Å². The van der Waals surface area contributed by atoms with Crippen LogP contribution in [0, 0.1) is 11.3 Å². The van der Waals surface area contributed by atoms with Crippen LogP contribution in [0.5, 0.6) is 0 Å². The molecule has 0 saturated heterocycles. The molecule has 126 valence electrons. The summed E-state index contributed by atoms with van der Waals surface area (Å²) < 4.78 is 0. The number of halogens is 1. The fourth-order valence-electron chi connectivity index (χ4n) is 2.77. The smallest absolute Gasteiger partial charge is 0.146 e. The van der Waals surface area contributed by atoms with Crippen LogP contribution in [0.1, 0.15) is 34.6 Å². The van der Waals surface area contributed by atoms with E-state index >= 15 is 0 Å². The van der Waals surface area contributed by atoms with Gasteiger partial charge in [0, 0.05) is 5.02 Å². The molecule has 0 bridgehead atoms. The summed E-state index contributed by atoms with van der Waals surface area (Å²) in [7, 11) is 0. The molecule has 3 rings (SSSR count). The lowest BCUT2D eigenvalue weighted by Crippen LogP contribution is -2.14. The number of aromatic nitrogens is 3. The summed E-state index contributed by atoms with van der Waals surface area (Å²) in [5.41, 5.74) is 3.90. The van der Waals surface area contributed by atoms with Gasteiger partial charge in [-0.25, -0.2) is 0 Å². The van der Waals surface area contributed by atoms with E-state index in [2.05, 4.69) is 50.9 Å². The van der Waals surface area contributed by atoms with Gasteiger partial charge >= 0.3 is 0 Å². The van der Waals surface area contributed by atoms with Crippen molar-refractivity contribution in [2.45, 2.75) is 34.6 Å². The average molecular weight is 344 g/mol. The Labute approximate surface area is 147 Å². The number of benzene rings is 1. The van der Waals surface area contributed by atoms with Gasteiger partial charge < -0.3 is 5.11 Å². The lowest BCUT2D eigenvalue weighted by atomic mass is 9.83. The minimum atomic E-state index is -0.183. The molecule has 4 nitrogen and oxygen atoms in total. The molecule has 5 heteroatoms. The molecule has 1 aromatic carbocycles. The second-order valence-corrected chi connectivity index (χ2v) is 7.80. The second-order valence-electron chi connectivity index (χ2n) is 7.36. The molecule has 0 saturated carbocycles. The molecular formula is C19H22ClN3O. The zero-order valence-corrected chi connectivity index (χ0v) is 15.4. The molecule has 24 heavy (non-hydrogen) atoms. The Morgan fingerprint density at radius 3 is 2.50 bits per heavy atom. The Kier molecular flexibility index (Phi) is 4.04. The van der Waals surface area contributed by atoms with E-state index in [0.29, 0.717) is 16.2 Å². The highest BCUT2D eigenvalue weighted by atomic mass is 35.5. The molecule has 1 aliphatic rings. The van der Waals surface area contributed by atoms with E-state index in [1.165, 1.54) is 4.80 Å². The number of hydrogen-bond donors (Lipinski definition) is 1. The molecule has 1 aromatic heterocycles. The van der Waals surface area contributed by atoms with Crippen LogP contribution < -0.4 is 0 Å². The fourth-order valence-corrected chi connectivity index (χ4v) is 2.93. The van der Waals surface area contributed by atoms with E-state index < -0.39 is 0 Å². The van der Waals surface area contributed by atoms with Crippen molar-refractivity contribution in [1.82, 2.24) is 15.0 Å². The quantitative estimate of drug-likeness (QED) is 0.756. The lowest BCUT2D eigenvalue weighted by molar-refractivity contribution is 0.376. The van der Waals surface area contributed by atoms with Crippen molar-refractivity contribution in [2.75, 3.05) is 0 Å². The topological polar surface area (TPSA) is 50.9 Å². The third-order valence-electron chi connectivity index (χ3n) is 4.36. The Morgan fingerprint density at radius 2 is 1.83 bits per heavy atom. The molecule has 0 unspecified atom stereocenters. The minimum absolute atomic E-state index is 0.183. The molecule has 2 aromatic rings. The first-order chi connectivity index (χ1) is 11.2. The first-order valence-electron chi connectivity index (χ1n) is 8.04. The number of hydrogen-bond acceptors (Lipinski definition) is 3. The van der Waals surface area contributed by atoms with Gasteiger partial charge in [0.15, 0.2) is 0 Å². The van der Waals surface area contributed by atoms with Gasteiger partial charge in [-0.2, -0.15) is 0 Å². The monoisotopic (exact) mass is 343 g/mol. The van der Waals surface area contributed by atoms with Crippen molar-refractivity contribution in [1.29, 1.82) is 0 Å². The zero-order chi connectivity index (χ0) is 17.6. The molecule has 0 fully saturated rings. The summed E-state index contributed by atoms with van der Waals surface area (Å²) in [5.74, 6) is 0.455. The molecule has 0 spiro atoms. The molecule has 1 heterocycles. The second kappa shape index (κ2) is 5.78. The van der Waals surface area contributed by atoms with E-state index in [0.717, 1.165) is 16.7 Å².